The fraction of sp³-hybridized carbons (Fsp3) is 0.188. The van der Waals surface area contributed by atoms with Gasteiger partial charge >= 0.3 is 0 Å². The number of nitrogens with one attached hydrogen (secondary N) is 1. The van der Waals surface area contributed by atoms with E-state index in [1.807, 2.05) is 36.6 Å². The molecule has 0 aliphatic rings. The Morgan fingerprint density at radius 2 is 2.26 bits per heavy atom. The van der Waals surface area contributed by atoms with Crippen LogP contribution >= 0.6 is 22.9 Å². The molecule has 118 valence electrons. The number of hydrogen-bond donors (Lipinski definition) is 1. The molecule has 3 aromatic rings. The van der Waals surface area contributed by atoms with Gasteiger partial charge < -0.3 is 9.84 Å². The molecule has 5 nitrogen and oxygen atoms in total. The van der Waals surface area contributed by atoms with Gasteiger partial charge in [-0.2, -0.15) is 4.98 Å². The summed E-state index contributed by atoms with van der Waals surface area (Å²) in [6.07, 6.45) is 0.654. The number of amides is 1. The van der Waals surface area contributed by atoms with Gasteiger partial charge in [-0.3, -0.25) is 4.79 Å². The van der Waals surface area contributed by atoms with Crippen molar-refractivity contribution in [3.8, 4) is 10.7 Å². The first kappa shape index (κ1) is 15.7. The SMILES string of the molecule is Cc1ccc(NC(=O)CCc2nc(-c3cccs3)no2)cc1Cl. The number of halogens is 1. The predicted molar refractivity (Wildman–Crippen MR) is 90.8 cm³/mol. The summed E-state index contributed by atoms with van der Waals surface area (Å²) in [5, 5.41) is 9.30. The highest BCUT2D eigenvalue weighted by molar-refractivity contribution is 7.13. The minimum atomic E-state index is -0.124. The van der Waals surface area contributed by atoms with Crippen LogP contribution < -0.4 is 5.32 Å². The highest BCUT2D eigenvalue weighted by Crippen LogP contribution is 2.22. The monoisotopic (exact) mass is 347 g/mol. The van der Waals surface area contributed by atoms with Gasteiger partial charge in [-0.15, -0.1) is 11.3 Å². The second-order valence-electron chi connectivity index (χ2n) is 5.00. The molecule has 0 atom stereocenters. The molecule has 1 N–H and O–H groups in total. The summed E-state index contributed by atoms with van der Waals surface area (Å²) in [5.41, 5.74) is 1.65. The molecule has 0 aliphatic carbocycles. The van der Waals surface area contributed by atoms with Crippen LogP contribution in [0.1, 0.15) is 17.9 Å². The molecule has 0 saturated carbocycles. The predicted octanol–water partition coefficient (Wildman–Crippen LogP) is 4.33. The van der Waals surface area contributed by atoms with Crippen LogP contribution in [0.3, 0.4) is 0 Å². The Kier molecular flexibility index (Phi) is 4.73. The van der Waals surface area contributed by atoms with Crippen molar-refractivity contribution in [2.75, 3.05) is 5.32 Å². The van der Waals surface area contributed by atoms with Crippen molar-refractivity contribution in [1.82, 2.24) is 10.1 Å². The second kappa shape index (κ2) is 6.93. The second-order valence-corrected chi connectivity index (χ2v) is 6.36. The van der Waals surface area contributed by atoms with Crippen LogP contribution in [0.5, 0.6) is 0 Å². The Morgan fingerprint density at radius 3 is 3.00 bits per heavy atom. The quantitative estimate of drug-likeness (QED) is 0.745. The first-order valence-electron chi connectivity index (χ1n) is 7.04. The topological polar surface area (TPSA) is 68.0 Å². The molecule has 7 heteroatoms. The Morgan fingerprint density at radius 1 is 1.39 bits per heavy atom. The van der Waals surface area contributed by atoms with Crippen molar-refractivity contribution in [3.05, 3.63) is 52.2 Å². The lowest BCUT2D eigenvalue weighted by Gasteiger charge is -2.05. The summed E-state index contributed by atoms with van der Waals surface area (Å²) in [6.45, 7) is 1.91. The van der Waals surface area contributed by atoms with Gasteiger partial charge in [0.1, 0.15) is 0 Å². The zero-order valence-corrected chi connectivity index (χ0v) is 13.9. The molecular formula is C16H14ClN3O2S. The van der Waals surface area contributed by atoms with Gasteiger partial charge in [-0.25, -0.2) is 0 Å². The normalized spacial score (nSPS) is 10.7. The van der Waals surface area contributed by atoms with Crippen molar-refractivity contribution in [1.29, 1.82) is 0 Å². The zero-order valence-electron chi connectivity index (χ0n) is 12.4. The van der Waals surface area contributed by atoms with E-state index in [1.165, 1.54) is 0 Å². The summed E-state index contributed by atoms with van der Waals surface area (Å²) in [7, 11) is 0. The number of benzene rings is 1. The molecule has 0 aliphatic heterocycles. The van der Waals surface area contributed by atoms with Gasteiger partial charge in [0, 0.05) is 23.6 Å². The first-order valence-corrected chi connectivity index (χ1v) is 8.30. The van der Waals surface area contributed by atoms with E-state index in [9.17, 15) is 4.79 Å². The molecule has 0 radical (unpaired) electrons. The molecule has 0 fully saturated rings. The molecule has 0 bridgehead atoms. The van der Waals surface area contributed by atoms with Crippen LogP contribution in [0.2, 0.25) is 5.02 Å². The van der Waals surface area contributed by atoms with E-state index in [4.69, 9.17) is 16.1 Å². The molecular weight excluding hydrogens is 334 g/mol. The molecule has 1 amide bonds. The van der Waals surface area contributed by atoms with Crippen LogP contribution in [-0.4, -0.2) is 16.0 Å². The fourth-order valence-corrected chi connectivity index (χ4v) is 2.81. The van der Waals surface area contributed by atoms with E-state index >= 15 is 0 Å². The Hall–Kier alpha value is -2.18. The summed E-state index contributed by atoms with van der Waals surface area (Å²) >= 11 is 7.58. The van der Waals surface area contributed by atoms with Crippen LogP contribution in [0.15, 0.2) is 40.2 Å². The van der Waals surface area contributed by atoms with Crippen molar-refractivity contribution in [2.45, 2.75) is 19.8 Å². The number of thiophene rings is 1. The summed E-state index contributed by atoms with van der Waals surface area (Å²) in [5.74, 6) is 0.881. The molecule has 3 rings (SSSR count). The van der Waals surface area contributed by atoms with Crippen LogP contribution in [0.25, 0.3) is 10.7 Å². The van der Waals surface area contributed by atoms with Gasteiger partial charge in [0.05, 0.1) is 4.88 Å². The minimum Gasteiger partial charge on any atom is -0.339 e. The van der Waals surface area contributed by atoms with E-state index < -0.39 is 0 Å². The highest BCUT2D eigenvalue weighted by Gasteiger charge is 2.11. The number of nitrogens with zero attached hydrogens (tertiary/aromatic N) is 2. The molecule has 0 unspecified atom stereocenters. The van der Waals surface area contributed by atoms with E-state index in [0.717, 1.165) is 10.4 Å². The van der Waals surface area contributed by atoms with Crippen molar-refractivity contribution in [2.24, 2.45) is 0 Å². The van der Waals surface area contributed by atoms with Gasteiger partial charge in [0.25, 0.3) is 0 Å². The maximum absolute atomic E-state index is 12.0. The van der Waals surface area contributed by atoms with E-state index in [1.54, 1.807) is 17.4 Å². The van der Waals surface area contributed by atoms with E-state index in [-0.39, 0.29) is 12.3 Å². The summed E-state index contributed by atoms with van der Waals surface area (Å²) < 4.78 is 5.17. The number of aryl methyl sites for hydroxylation is 2. The third kappa shape index (κ3) is 3.97. The number of carbonyl (C=O) groups is 1. The van der Waals surface area contributed by atoms with Crippen molar-refractivity contribution in [3.63, 3.8) is 0 Å². The van der Waals surface area contributed by atoms with E-state index in [0.29, 0.717) is 28.8 Å². The van der Waals surface area contributed by atoms with Crippen LogP contribution in [0.4, 0.5) is 5.69 Å². The lowest BCUT2D eigenvalue weighted by Crippen LogP contribution is -2.12. The number of hydrogen-bond acceptors (Lipinski definition) is 5. The number of rotatable bonds is 5. The molecule has 23 heavy (non-hydrogen) atoms. The van der Waals surface area contributed by atoms with E-state index in [2.05, 4.69) is 15.5 Å². The molecule has 2 aromatic heterocycles. The third-order valence-corrected chi connectivity index (χ3v) is 4.50. The third-order valence-electron chi connectivity index (χ3n) is 3.23. The number of anilines is 1. The van der Waals surface area contributed by atoms with Gasteiger partial charge in [-0.05, 0) is 36.1 Å². The summed E-state index contributed by atoms with van der Waals surface area (Å²) in [6, 6.07) is 9.27. The minimum absolute atomic E-state index is 0.124. The Labute approximate surface area is 142 Å². The van der Waals surface area contributed by atoms with Crippen molar-refractivity contribution < 1.29 is 9.32 Å². The fourth-order valence-electron chi connectivity index (χ4n) is 1.98. The Bertz CT molecular complexity index is 815. The number of carbonyl (C=O) groups excluding carboxylic acids is 1. The van der Waals surface area contributed by atoms with Crippen LogP contribution in [0, 0.1) is 6.92 Å². The van der Waals surface area contributed by atoms with Crippen LogP contribution in [-0.2, 0) is 11.2 Å². The first-order chi connectivity index (χ1) is 11.1. The highest BCUT2D eigenvalue weighted by atomic mass is 35.5. The van der Waals surface area contributed by atoms with Gasteiger partial charge in [0.2, 0.25) is 17.6 Å². The van der Waals surface area contributed by atoms with Gasteiger partial charge in [-0.1, -0.05) is 28.9 Å². The van der Waals surface area contributed by atoms with Gasteiger partial charge in [0.15, 0.2) is 0 Å². The molecule has 2 heterocycles. The zero-order chi connectivity index (χ0) is 16.2. The molecule has 0 spiro atoms. The molecule has 1 aromatic carbocycles. The largest absolute Gasteiger partial charge is 0.339 e. The van der Waals surface area contributed by atoms with Crippen molar-refractivity contribution >= 4 is 34.5 Å². The summed E-state index contributed by atoms with van der Waals surface area (Å²) in [4.78, 5) is 17.2. The number of aromatic nitrogens is 2. The standard InChI is InChI=1S/C16H14ClN3O2S/c1-10-4-5-11(9-12(10)17)18-14(21)6-7-15-19-16(20-22-15)13-3-2-8-23-13/h2-5,8-9H,6-7H2,1H3,(H,18,21). The maximum Gasteiger partial charge on any atom is 0.227 e. The smallest absolute Gasteiger partial charge is 0.227 e. The average Bonchev–Trinajstić information content (AvgIpc) is 3.19. The lowest BCUT2D eigenvalue weighted by molar-refractivity contribution is -0.116. The average molecular weight is 348 g/mol. The maximum atomic E-state index is 12.0. The Balaban J connectivity index is 1.55. The molecule has 0 saturated heterocycles. The lowest BCUT2D eigenvalue weighted by atomic mass is 10.2.